The van der Waals surface area contributed by atoms with Gasteiger partial charge in [-0.05, 0) is 54.5 Å². The molecule has 1 atom stereocenters. The maximum absolute atomic E-state index is 4.10. The Morgan fingerprint density at radius 3 is 2.84 bits per heavy atom. The Labute approximate surface area is 114 Å². The third-order valence-corrected chi connectivity index (χ3v) is 3.63. The Morgan fingerprint density at radius 2 is 2.11 bits per heavy atom. The molecule has 0 radical (unpaired) electrons. The smallest absolute Gasteiger partial charge is 0.0331 e. The van der Waals surface area contributed by atoms with Gasteiger partial charge in [0.25, 0.3) is 0 Å². The Bertz CT molecular complexity index is 577. The van der Waals surface area contributed by atoms with Gasteiger partial charge in [-0.15, -0.1) is 0 Å². The fourth-order valence-corrected chi connectivity index (χ4v) is 2.72. The predicted octanol–water partition coefficient (Wildman–Crippen LogP) is 3.47. The van der Waals surface area contributed by atoms with Gasteiger partial charge in [0.2, 0.25) is 0 Å². The summed E-state index contributed by atoms with van der Waals surface area (Å²) in [5.74, 6) is 0.492. The van der Waals surface area contributed by atoms with Crippen molar-refractivity contribution in [3.05, 3.63) is 71.7 Å². The van der Waals surface area contributed by atoms with E-state index < -0.39 is 0 Å². The Morgan fingerprint density at radius 1 is 1.26 bits per heavy atom. The van der Waals surface area contributed by atoms with Crippen LogP contribution in [-0.2, 0) is 0 Å². The van der Waals surface area contributed by atoms with Crippen LogP contribution in [0, 0.1) is 5.92 Å². The summed E-state index contributed by atoms with van der Waals surface area (Å²) in [6.07, 6.45) is 16.0. The number of rotatable bonds is 2. The van der Waals surface area contributed by atoms with Gasteiger partial charge < -0.3 is 5.32 Å². The monoisotopic (exact) mass is 250 g/mol. The number of aromatic nitrogens is 1. The lowest BCUT2D eigenvalue weighted by Crippen LogP contribution is -2.14. The highest BCUT2D eigenvalue weighted by Gasteiger charge is 2.18. The molecule has 1 aromatic rings. The first-order valence-electron chi connectivity index (χ1n) is 6.72. The molecule has 2 heteroatoms. The lowest BCUT2D eigenvalue weighted by atomic mass is 9.82. The molecule has 2 heterocycles. The maximum Gasteiger partial charge on any atom is 0.0331 e. The first kappa shape index (κ1) is 12.0. The number of pyridine rings is 1. The van der Waals surface area contributed by atoms with Gasteiger partial charge in [-0.1, -0.05) is 23.8 Å². The van der Waals surface area contributed by atoms with Crippen LogP contribution >= 0.6 is 0 Å². The largest absolute Gasteiger partial charge is 0.387 e. The van der Waals surface area contributed by atoms with Gasteiger partial charge in [0.1, 0.15) is 0 Å². The third kappa shape index (κ3) is 2.68. The van der Waals surface area contributed by atoms with E-state index in [1.165, 1.54) is 22.3 Å². The van der Waals surface area contributed by atoms with E-state index in [0.717, 1.165) is 13.0 Å². The average Bonchev–Trinajstić information content (AvgIpc) is 2.48. The zero-order valence-electron chi connectivity index (χ0n) is 11.1. The highest BCUT2D eigenvalue weighted by molar-refractivity contribution is 5.70. The molecule has 3 rings (SSSR count). The van der Waals surface area contributed by atoms with E-state index in [1.54, 1.807) is 0 Å². The van der Waals surface area contributed by atoms with Crippen molar-refractivity contribution in [2.24, 2.45) is 5.92 Å². The molecule has 1 unspecified atom stereocenters. The lowest BCUT2D eigenvalue weighted by Gasteiger charge is -2.23. The molecule has 0 spiro atoms. The Balaban J connectivity index is 1.87. The Kier molecular flexibility index (Phi) is 3.32. The number of allylic oxidation sites excluding steroid dienone is 6. The number of nitrogens with one attached hydrogen (secondary N) is 1. The van der Waals surface area contributed by atoms with Crippen molar-refractivity contribution in [2.75, 3.05) is 6.54 Å². The summed E-state index contributed by atoms with van der Waals surface area (Å²) in [4.78, 5) is 4.10. The maximum atomic E-state index is 4.10. The molecule has 1 N–H and O–H groups in total. The summed E-state index contributed by atoms with van der Waals surface area (Å²) < 4.78 is 0. The van der Waals surface area contributed by atoms with E-state index in [4.69, 9.17) is 0 Å². The normalized spacial score (nSPS) is 22.2. The van der Waals surface area contributed by atoms with Crippen LogP contribution in [0.15, 0.2) is 66.2 Å². The summed E-state index contributed by atoms with van der Waals surface area (Å²) in [6, 6.07) is 4.18. The van der Waals surface area contributed by atoms with Crippen molar-refractivity contribution in [1.82, 2.24) is 10.3 Å². The summed E-state index contributed by atoms with van der Waals surface area (Å²) in [7, 11) is 0. The van der Waals surface area contributed by atoms with Gasteiger partial charge in [-0.2, -0.15) is 0 Å². The molecular weight excluding hydrogens is 232 g/mol. The minimum absolute atomic E-state index is 0.492. The minimum Gasteiger partial charge on any atom is -0.387 e. The molecule has 0 saturated carbocycles. The van der Waals surface area contributed by atoms with Gasteiger partial charge in [0.05, 0.1) is 0 Å². The molecule has 0 saturated heterocycles. The predicted molar refractivity (Wildman–Crippen MR) is 79.3 cm³/mol. The number of hydrogen-bond donors (Lipinski definition) is 1. The first-order valence-corrected chi connectivity index (χ1v) is 6.72. The van der Waals surface area contributed by atoms with Crippen LogP contribution < -0.4 is 5.32 Å². The van der Waals surface area contributed by atoms with Crippen molar-refractivity contribution < 1.29 is 0 Å². The van der Waals surface area contributed by atoms with Crippen molar-refractivity contribution in [3.8, 4) is 0 Å². The van der Waals surface area contributed by atoms with Crippen LogP contribution in [0.25, 0.3) is 5.57 Å². The van der Waals surface area contributed by atoms with Crippen molar-refractivity contribution in [3.63, 3.8) is 0 Å². The van der Waals surface area contributed by atoms with Crippen LogP contribution in [0.5, 0.6) is 0 Å². The van der Waals surface area contributed by atoms with Crippen LogP contribution in [-0.4, -0.2) is 11.5 Å². The molecule has 0 fully saturated rings. The van der Waals surface area contributed by atoms with Crippen LogP contribution in [0.1, 0.15) is 18.9 Å². The first-order chi connectivity index (χ1) is 9.33. The fraction of sp³-hybridized carbons (Fsp3) is 0.235. The summed E-state index contributed by atoms with van der Waals surface area (Å²) in [6.45, 7) is 3.11. The van der Waals surface area contributed by atoms with Gasteiger partial charge >= 0.3 is 0 Å². The molecule has 1 aliphatic heterocycles. The molecule has 2 aliphatic rings. The van der Waals surface area contributed by atoms with E-state index in [0.29, 0.717) is 5.92 Å². The second-order valence-corrected chi connectivity index (χ2v) is 5.07. The highest BCUT2D eigenvalue weighted by atomic mass is 14.8. The molecule has 0 amide bonds. The molecule has 1 aliphatic carbocycles. The molecular formula is C17H18N2. The van der Waals surface area contributed by atoms with Crippen molar-refractivity contribution in [1.29, 1.82) is 0 Å². The van der Waals surface area contributed by atoms with E-state index in [2.05, 4.69) is 53.7 Å². The topological polar surface area (TPSA) is 24.9 Å². The van der Waals surface area contributed by atoms with Crippen LogP contribution in [0.2, 0.25) is 0 Å². The minimum atomic E-state index is 0.492. The zero-order valence-corrected chi connectivity index (χ0v) is 11.1. The van der Waals surface area contributed by atoms with E-state index >= 15 is 0 Å². The fourth-order valence-electron chi connectivity index (χ4n) is 2.72. The molecule has 0 bridgehead atoms. The quantitative estimate of drug-likeness (QED) is 0.869. The standard InChI is InChI=1S/C17H18N2/c1-13-10-16(14-2-6-18-7-3-14)12-17(11-13)15-4-8-19-9-5-15/h2-8,10-11,17,19H,9,12H2,1H3. The van der Waals surface area contributed by atoms with E-state index in [-0.39, 0.29) is 0 Å². The molecule has 0 aromatic carbocycles. The van der Waals surface area contributed by atoms with Gasteiger partial charge in [-0.25, -0.2) is 0 Å². The van der Waals surface area contributed by atoms with Crippen molar-refractivity contribution >= 4 is 5.57 Å². The second-order valence-electron chi connectivity index (χ2n) is 5.07. The van der Waals surface area contributed by atoms with Gasteiger partial charge in [-0.3, -0.25) is 4.98 Å². The SMILES string of the molecule is CC1=CC(C2=CCNC=C2)CC(c2ccncc2)=C1. The second kappa shape index (κ2) is 5.27. The van der Waals surface area contributed by atoms with E-state index in [9.17, 15) is 0 Å². The van der Waals surface area contributed by atoms with Gasteiger partial charge in [0, 0.05) is 24.9 Å². The van der Waals surface area contributed by atoms with Gasteiger partial charge in [0.15, 0.2) is 0 Å². The Hall–Kier alpha value is -2.09. The van der Waals surface area contributed by atoms with Crippen LogP contribution in [0.3, 0.4) is 0 Å². The van der Waals surface area contributed by atoms with E-state index in [1.807, 2.05) is 18.6 Å². The molecule has 19 heavy (non-hydrogen) atoms. The summed E-state index contributed by atoms with van der Waals surface area (Å²) in [5, 5.41) is 3.21. The number of nitrogens with zero attached hydrogens (tertiary/aromatic N) is 1. The van der Waals surface area contributed by atoms with Crippen LogP contribution in [0.4, 0.5) is 0 Å². The zero-order chi connectivity index (χ0) is 13.1. The lowest BCUT2D eigenvalue weighted by molar-refractivity contribution is 0.771. The summed E-state index contributed by atoms with van der Waals surface area (Å²) in [5.41, 5.74) is 5.44. The highest BCUT2D eigenvalue weighted by Crippen LogP contribution is 2.34. The number of dihydropyridines is 1. The molecule has 1 aromatic heterocycles. The average molecular weight is 250 g/mol. The summed E-state index contributed by atoms with van der Waals surface area (Å²) >= 11 is 0. The molecule has 2 nitrogen and oxygen atoms in total. The van der Waals surface area contributed by atoms with Crippen molar-refractivity contribution in [2.45, 2.75) is 13.3 Å². The molecule has 96 valence electrons. The number of hydrogen-bond acceptors (Lipinski definition) is 2. The third-order valence-electron chi connectivity index (χ3n) is 3.63.